The van der Waals surface area contributed by atoms with Crippen LogP contribution in [0.2, 0.25) is 0 Å². The van der Waals surface area contributed by atoms with Gasteiger partial charge in [-0.05, 0) is 47.7 Å². The summed E-state index contributed by atoms with van der Waals surface area (Å²) in [6.07, 6.45) is 2.27. The number of carbonyl (C=O) groups excluding carboxylic acids is 3. The van der Waals surface area contributed by atoms with E-state index in [1.54, 1.807) is 6.07 Å². The van der Waals surface area contributed by atoms with Crippen molar-refractivity contribution in [2.45, 2.75) is 19.4 Å². The lowest BCUT2D eigenvalue weighted by Gasteiger charge is -2.23. The standard InChI is InChI=1S/C22H16N2O4S2/c1-2-12-7-8-13-16(11-12)30-22(23-13)24-18(15-6-4-10-29-15)17(20(26)21(24)27)19(25)14-5-3-9-28-14/h3-11,17-18H,2H2,1H3. The van der Waals surface area contributed by atoms with Gasteiger partial charge in [0.05, 0.1) is 22.5 Å². The fourth-order valence-corrected chi connectivity index (χ4v) is 5.66. The number of ketones is 2. The molecule has 0 radical (unpaired) electrons. The summed E-state index contributed by atoms with van der Waals surface area (Å²) in [7, 11) is 0. The summed E-state index contributed by atoms with van der Waals surface area (Å²) < 4.78 is 6.17. The van der Waals surface area contributed by atoms with Crippen LogP contribution in [0.3, 0.4) is 0 Å². The van der Waals surface area contributed by atoms with E-state index in [-0.39, 0.29) is 5.76 Å². The number of Topliss-reactive ketones (excluding diaryl/α,β-unsaturated/α-hetero) is 2. The highest BCUT2D eigenvalue weighted by molar-refractivity contribution is 7.22. The second kappa shape index (κ2) is 7.30. The van der Waals surface area contributed by atoms with Crippen molar-refractivity contribution < 1.29 is 18.8 Å². The van der Waals surface area contributed by atoms with E-state index in [4.69, 9.17) is 4.42 Å². The number of benzene rings is 1. The van der Waals surface area contributed by atoms with Crippen molar-refractivity contribution >= 4 is 55.5 Å². The molecule has 8 heteroatoms. The van der Waals surface area contributed by atoms with Crippen molar-refractivity contribution in [2.24, 2.45) is 5.92 Å². The molecule has 0 aliphatic carbocycles. The topological polar surface area (TPSA) is 80.5 Å². The van der Waals surface area contributed by atoms with Crippen LogP contribution in [0.5, 0.6) is 0 Å². The Kier molecular flexibility index (Phi) is 4.60. The van der Waals surface area contributed by atoms with Crippen LogP contribution < -0.4 is 4.90 Å². The molecule has 5 rings (SSSR count). The molecule has 1 aliphatic rings. The first-order valence-electron chi connectivity index (χ1n) is 9.46. The smallest absolute Gasteiger partial charge is 0.297 e. The first-order chi connectivity index (χ1) is 14.6. The Balaban J connectivity index is 1.64. The van der Waals surface area contributed by atoms with Crippen molar-refractivity contribution in [1.29, 1.82) is 0 Å². The molecule has 3 aromatic heterocycles. The highest BCUT2D eigenvalue weighted by Gasteiger charge is 2.54. The minimum absolute atomic E-state index is 0.0708. The molecule has 30 heavy (non-hydrogen) atoms. The molecule has 1 fully saturated rings. The third-order valence-electron chi connectivity index (χ3n) is 5.24. The molecule has 1 aliphatic heterocycles. The Morgan fingerprint density at radius 1 is 1.20 bits per heavy atom. The van der Waals surface area contributed by atoms with Gasteiger partial charge in [0.15, 0.2) is 10.9 Å². The molecule has 0 spiro atoms. The number of hydrogen-bond donors (Lipinski definition) is 0. The van der Waals surface area contributed by atoms with Crippen molar-refractivity contribution in [3.63, 3.8) is 0 Å². The van der Waals surface area contributed by atoms with Crippen molar-refractivity contribution in [3.05, 3.63) is 70.3 Å². The van der Waals surface area contributed by atoms with E-state index in [0.717, 1.165) is 21.5 Å². The fourth-order valence-electron chi connectivity index (χ4n) is 3.74. The molecule has 0 saturated carbocycles. The maximum atomic E-state index is 13.1. The molecule has 6 nitrogen and oxygen atoms in total. The zero-order valence-electron chi connectivity index (χ0n) is 15.9. The summed E-state index contributed by atoms with van der Waals surface area (Å²) >= 11 is 2.76. The van der Waals surface area contributed by atoms with Gasteiger partial charge in [-0.3, -0.25) is 19.3 Å². The molecular weight excluding hydrogens is 420 g/mol. The minimum atomic E-state index is -1.17. The Bertz CT molecular complexity index is 1260. The summed E-state index contributed by atoms with van der Waals surface area (Å²) in [5.74, 6) is -3.04. The minimum Gasteiger partial charge on any atom is -0.461 e. The lowest BCUT2D eigenvalue weighted by atomic mass is 9.92. The summed E-state index contributed by atoms with van der Waals surface area (Å²) in [5.41, 5.74) is 1.93. The van der Waals surface area contributed by atoms with Gasteiger partial charge in [0, 0.05) is 4.88 Å². The van der Waals surface area contributed by atoms with E-state index in [1.165, 1.54) is 45.5 Å². The largest absolute Gasteiger partial charge is 0.461 e. The first-order valence-corrected chi connectivity index (χ1v) is 11.2. The van der Waals surface area contributed by atoms with Gasteiger partial charge in [0.1, 0.15) is 5.92 Å². The molecule has 2 unspecified atom stereocenters. The van der Waals surface area contributed by atoms with Crippen LogP contribution in [0.4, 0.5) is 5.13 Å². The number of furan rings is 1. The van der Waals surface area contributed by atoms with Crippen LogP contribution in [0, 0.1) is 5.92 Å². The van der Waals surface area contributed by atoms with Crippen LogP contribution in [0.25, 0.3) is 10.2 Å². The van der Waals surface area contributed by atoms with E-state index in [0.29, 0.717) is 5.13 Å². The molecule has 150 valence electrons. The van der Waals surface area contributed by atoms with Crippen molar-refractivity contribution in [3.8, 4) is 0 Å². The van der Waals surface area contributed by atoms with Crippen LogP contribution in [0.1, 0.15) is 34.0 Å². The highest BCUT2D eigenvalue weighted by Crippen LogP contribution is 2.44. The predicted molar refractivity (Wildman–Crippen MR) is 115 cm³/mol. The molecule has 0 N–H and O–H groups in total. The first kappa shape index (κ1) is 18.9. The Labute approximate surface area is 179 Å². The Morgan fingerprint density at radius 2 is 2.07 bits per heavy atom. The zero-order chi connectivity index (χ0) is 20.8. The van der Waals surface area contributed by atoms with Gasteiger partial charge in [-0.1, -0.05) is 30.4 Å². The number of hydrogen-bond acceptors (Lipinski definition) is 7. The number of anilines is 1. The predicted octanol–water partition coefficient (Wildman–Crippen LogP) is 4.67. The quantitative estimate of drug-likeness (QED) is 0.258. The summed E-state index contributed by atoms with van der Waals surface area (Å²) in [4.78, 5) is 45.9. The maximum Gasteiger partial charge on any atom is 0.297 e. The average Bonchev–Trinajstić information content (AvgIpc) is 3.54. The third-order valence-corrected chi connectivity index (χ3v) is 7.20. The number of thiazole rings is 1. The maximum absolute atomic E-state index is 13.1. The van der Waals surface area contributed by atoms with Gasteiger partial charge in [0.25, 0.3) is 5.91 Å². The highest BCUT2D eigenvalue weighted by atomic mass is 32.1. The molecule has 1 saturated heterocycles. The summed E-state index contributed by atoms with van der Waals surface area (Å²) in [6.45, 7) is 2.07. The van der Waals surface area contributed by atoms with Crippen LogP contribution in [0.15, 0.2) is 58.5 Å². The van der Waals surface area contributed by atoms with E-state index < -0.39 is 29.4 Å². The zero-order valence-corrected chi connectivity index (χ0v) is 17.5. The Morgan fingerprint density at radius 3 is 2.77 bits per heavy atom. The van der Waals surface area contributed by atoms with Gasteiger partial charge in [0.2, 0.25) is 11.6 Å². The van der Waals surface area contributed by atoms with Crippen LogP contribution in [-0.4, -0.2) is 22.5 Å². The van der Waals surface area contributed by atoms with E-state index >= 15 is 0 Å². The number of rotatable bonds is 5. The number of thiophene rings is 1. The van der Waals surface area contributed by atoms with E-state index in [2.05, 4.69) is 11.9 Å². The molecule has 4 heterocycles. The SMILES string of the molecule is CCc1ccc2nc(N3C(=O)C(=O)C(C(=O)c4ccco4)C3c3cccs3)sc2c1. The number of nitrogens with zero attached hydrogens (tertiary/aromatic N) is 2. The van der Waals surface area contributed by atoms with Gasteiger partial charge in [-0.25, -0.2) is 4.98 Å². The third kappa shape index (κ3) is 2.91. The summed E-state index contributed by atoms with van der Waals surface area (Å²) in [6, 6.07) is 12.0. The monoisotopic (exact) mass is 436 g/mol. The van der Waals surface area contributed by atoms with E-state index in [1.807, 2.05) is 35.7 Å². The van der Waals surface area contributed by atoms with Crippen LogP contribution in [-0.2, 0) is 16.0 Å². The molecule has 1 aromatic carbocycles. The van der Waals surface area contributed by atoms with Gasteiger partial charge >= 0.3 is 0 Å². The Hall–Kier alpha value is -3.10. The second-order valence-electron chi connectivity index (χ2n) is 6.97. The summed E-state index contributed by atoms with van der Waals surface area (Å²) in [5, 5.41) is 2.28. The normalized spacial score (nSPS) is 19.2. The lowest BCUT2D eigenvalue weighted by Crippen LogP contribution is -2.29. The van der Waals surface area contributed by atoms with Gasteiger partial charge in [-0.2, -0.15) is 0 Å². The number of aryl methyl sites for hydroxylation is 1. The van der Waals surface area contributed by atoms with Crippen molar-refractivity contribution in [1.82, 2.24) is 4.98 Å². The molecule has 1 amide bonds. The lowest BCUT2D eigenvalue weighted by molar-refractivity contribution is -0.135. The molecular formula is C22H16N2O4S2. The van der Waals surface area contributed by atoms with Crippen LogP contribution >= 0.6 is 22.7 Å². The molecule has 0 bridgehead atoms. The number of carbonyl (C=O) groups is 3. The number of aromatic nitrogens is 1. The average molecular weight is 437 g/mol. The fraction of sp³-hybridized carbons (Fsp3) is 0.182. The number of fused-ring (bicyclic) bond motifs is 1. The molecule has 2 atom stereocenters. The van der Waals surface area contributed by atoms with Gasteiger partial charge in [-0.15, -0.1) is 11.3 Å². The van der Waals surface area contributed by atoms with Gasteiger partial charge < -0.3 is 4.42 Å². The second-order valence-corrected chi connectivity index (χ2v) is 8.96. The van der Waals surface area contributed by atoms with Crippen molar-refractivity contribution in [2.75, 3.05) is 4.90 Å². The number of amides is 1. The van der Waals surface area contributed by atoms with E-state index in [9.17, 15) is 14.4 Å². The molecule has 4 aromatic rings.